The Kier molecular flexibility index (Phi) is 6.46. The third-order valence-electron chi connectivity index (χ3n) is 6.61. The fourth-order valence-electron chi connectivity index (χ4n) is 4.96. The predicted molar refractivity (Wildman–Crippen MR) is 115 cm³/mol. The SMILES string of the molecule is COc1ccc(OC)c(C2CCCN2C(=O)CNC2(c3noc(C)n3)CCCCC2)c1. The van der Waals surface area contributed by atoms with Crippen molar-refractivity contribution in [2.45, 2.75) is 63.5 Å². The number of methoxy groups -OCH3 is 2. The van der Waals surface area contributed by atoms with E-state index in [2.05, 4.69) is 15.5 Å². The maximum atomic E-state index is 13.3. The normalized spacial score (nSPS) is 20.6. The van der Waals surface area contributed by atoms with E-state index in [1.54, 1.807) is 21.1 Å². The number of hydrogen-bond donors (Lipinski definition) is 1. The highest BCUT2D eigenvalue weighted by Gasteiger charge is 2.39. The van der Waals surface area contributed by atoms with Crippen molar-refractivity contribution < 1.29 is 18.8 Å². The van der Waals surface area contributed by atoms with E-state index in [1.807, 2.05) is 23.1 Å². The third-order valence-corrected chi connectivity index (χ3v) is 6.61. The van der Waals surface area contributed by atoms with Gasteiger partial charge in [0, 0.05) is 19.0 Å². The summed E-state index contributed by atoms with van der Waals surface area (Å²) >= 11 is 0. The number of carbonyl (C=O) groups excluding carboxylic acids is 1. The van der Waals surface area contributed by atoms with Gasteiger partial charge in [0.1, 0.15) is 11.5 Å². The lowest BCUT2D eigenvalue weighted by Gasteiger charge is -2.36. The minimum atomic E-state index is -0.394. The Morgan fingerprint density at radius 1 is 1.23 bits per heavy atom. The Bertz CT molecular complexity index is 907. The van der Waals surface area contributed by atoms with Crippen LogP contribution in [0.5, 0.6) is 11.5 Å². The van der Waals surface area contributed by atoms with E-state index in [-0.39, 0.29) is 18.5 Å². The molecule has 2 heterocycles. The molecule has 2 fully saturated rings. The molecule has 1 saturated carbocycles. The maximum absolute atomic E-state index is 13.3. The Labute approximate surface area is 183 Å². The van der Waals surface area contributed by atoms with E-state index in [0.717, 1.165) is 62.1 Å². The smallest absolute Gasteiger partial charge is 0.237 e. The minimum absolute atomic E-state index is 0.0194. The topological polar surface area (TPSA) is 89.7 Å². The van der Waals surface area contributed by atoms with Gasteiger partial charge in [0.25, 0.3) is 0 Å². The number of nitrogens with one attached hydrogen (secondary N) is 1. The van der Waals surface area contributed by atoms with Gasteiger partial charge in [-0.1, -0.05) is 24.4 Å². The van der Waals surface area contributed by atoms with Crippen LogP contribution >= 0.6 is 0 Å². The number of ether oxygens (including phenoxy) is 2. The molecule has 0 bridgehead atoms. The van der Waals surface area contributed by atoms with Crippen LogP contribution in [0, 0.1) is 6.92 Å². The molecule has 4 rings (SSSR count). The van der Waals surface area contributed by atoms with Crippen LogP contribution in [0.4, 0.5) is 0 Å². The van der Waals surface area contributed by atoms with Gasteiger partial charge in [-0.05, 0) is 43.9 Å². The van der Waals surface area contributed by atoms with Crippen molar-refractivity contribution in [1.82, 2.24) is 20.4 Å². The van der Waals surface area contributed by atoms with Crippen molar-refractivity contribution in [3.63, 3.8) is 0 Å². The number of carbonyl (C=O) groups is 1. The first-order valence-electron chi connectivity index (χ1n) is 11.1. The van der Waals surface area contributed by atoms with Gasteiger partial charge in [-0.25, -0.2) is 0 Å². The Morgan fingerprint density at radius 3 is 2.71 bits per heavy atom. The molecule has 31 heavy (non-hydrogen) atoms. The first-order chi connectivity index (χ1) is 15.1. The summed E-state index contributed by atoms with van der Waals surface area (Å²) in [4.78, 5) is 19.8. The van der Waals surface area contributed by atoms with Crippen LogP contribution in [0.3, 0.4) is 0 Å². The molecule has 1 aliphatic heterocycles. The molecule has 8 nitrogen and oxygen atoms in total. The maximum Gasteiger partial charge on any atom is 0.237 e. The number of likely N-dealkylation sites (tertiary alicyclic amines) is 1. The standard InChI is InChI=1S/C23H32N4O4/c1-16-25-22(26-31-16)23(11-5-4-6-12-23)24-15-21(28)27-13-7-8-19(27)18-14-17(29-2)9-10-20(18)30-3/h9-10,14,19,24H,4-8,11-13,15H2,1-3H3. The highest BCUT2D eigenvalue weighted by Crippen LogP contribution is 2.39. The summed E-state index contributed by atoms with van der Waals surface area (Å²) in [5, 5.41) is 7.72. The van der Waals surface area contributed by atoms with Gasteiger partial charge >= 0.3 is 0 Å². The lowest BCUT2D eigenvalue weighted by Crippen LogP contribution is -2.49. The van der Waals surface area contributed by atoms with Gasteiger partial charge in [0.05, 0.1) is 32.3 Å². The van der Waals surface area contributed by atoms with Crippen LogP contribution in [-0.2, 0) is 10.3 Å². The van der Waals surface area contributed by atoms with E-state index < -0.39 is 5.54 Å². The second-order valence-electron chi connectivity index (χ2n) is 8.49. The van der Waals surface area contributed by atoms with Crippen molar-refractivity contribution >= 4 is 5.91 Å². The molecule has 2 aliphatic rings. The first kappa shape index (κ1) is 21.6. The van der Waals surface area contributed by atoms with Gasteiger partial charge < -0.3 is 18.9 Å². The molecule has 168 valence electrons. The molecular weight excluding hydrogens is 396 g/mol. The molecule has 2 aromatic rings. The van der Waals surface area contributed by atoms with E-state index in [4.69, 9.17) is 14.0 Å². The summed E-state index contributed by atoms with van der Waals surface area (Å²) in [6.45, 7) is 2.78. The van der Waals surface area contributed by atoms with Crippen molar-refractivity contribution in [1.29, 1.82) is 0 Å². The minimum Gasteiger partial charge on any atom is -0.497 e. The van der Waals surface area contributed by atoms with Gasteiger partial charge in [-0.15, -0.1) is 0 Å². The lowest BCUT2D eigenvalue weighted by molar-refractivity contribution is -0.131. The Hall–Kier alpha value is -2.61. The molecule has 1 N–H and O–H groups in total. The number of aromatic nitrogens is 2. The highest BCUT2D eigenvalue weighted by molar-refractivity contribution is 5.79. The number of amides is 1. The van der Waals surface area contributed by atoms with Crippen LogP contribution < -0.4 is 14.8 Å². The number of aryl methyl sites for hydroxylation is 1. The molecule has 1 saturated heterocycles. The van der Waals surface area contributed by atoms with Gasteiger partial charge in [-0.2, -0.15) is 4.98 Å². The molecule has 1 aromatic carbocycles. The van der Waals surface area contributed by atoms with Gasteiger partial charge in [-0.3, -0.25) is 10.1 Å². The molecule has 1 unspecified atom stereocenters. The van der Waals surface area contributed by atoms with Crippen molar-refractivity contribution in [3.8, 4) is 11.5 Å². The number of benzene rings is 1. The summed E-state index contributed by atoms with van der Waals surface area (Å²) in [7, 11) is 3.31. The Morgan fingerprint density at radius 2 is 2.03 bits per heavy atom. The fourth-order valence-corrected chi connectivity index (χ4v) is 4.96. The van der Waals surface area contributed by atoms with E-state index in [1.165, 1.54) is 6.42 Å². The van der Waals surface area contributed by atoms with Crippen LogP contribution in [0.2, 0.25) is 0 Å². The molecule has 1 aliphatic carbocycles. The Balaban J connectivity index is 1.51. The summed E-state index contributed by atoms with van der Waals surface area (Å²) in [5.74, 6) is 2.85. The summed E-state index contributed by atoms with van der Waals surface area (Å²) in [5.41, 5.74) is 0.600. The summed E-state index contributed by atoms with van der Waals surface area (Å²) in [6.07, 6.45) is 7.05. The molecule has 0 spiro atoms. The first-order valence-corrected chi connectivity index (χ1v) is 11.1. The average molecular weight is 429 g/mol. The predicted octanol–water partition coefficient (Wildman–Crippen LogP) is 3.51. The monoisotopic (exact) mass is 428 g/mol. The van der Waals surface area contributed by atoms with Crippen LogP contribution in [-0.4, -0.2) is 48.3 Å². The molecule has 1 atom stereocenters. The van der Waals surface area contributed by atoms with E-state index in [0.29, 0.717) is 11.7 Å². The quantitative estimate of drug-likeness (QED) is 0.722. The number of nitrogens with zero attached hydrogens (tertiary/aromatic N) is 3. The number of hydrogen-bond acceptors (Lipinski definition) is 7. The fraction of sp³-hybridized carbons (Fsp3) is 0.609. The summed E-state index contributed by atoms with van der Waals surface area (Å²) < 4.78 is 16.2. The largest absolute Gasteiger partial charge is 0.497 e. The zero-order valence-corrected chi connectivity index (χ0v) is 18.6. The van der Waals surface area contributed by atoms with Crippen LogP contribution in [0.15, 0.2) is 22.7 Å². The molecule has 0 radical (unpaired) electrons. The highest BCUT2D eigenvalue weighted by atomic mass is 16.5. The molecular formula is C23H32N4O4. The van der Waals surface area contributed by atoms with E-state index in [9.17, 15) is 4.79 Å². The average Bonchev–Trinajstić information content (AvgIpc) is 3.47. The summed E-state index contributed by atoms with van der Waals surface area (Å²) in [6, 6.07) is 5.75. The van der Waals surface area contributed by atoms with Crippen LogP contribution in [0.25, 0.3) is 0 Å². The lowest BCUT2D eigenvalue weighted by atomic mass is 9.81. The zero-order valence-electron chi connectivity index (χ0n) is 18.6. The third kappa shape index (κ3) is 4.39. The second-order valence-corrected chi connectivity index (χ2v) is 8.49. The van der Waals surface area contributed by atoms with Crippen LogP contribution in [0.1, 0.15) is 68.3 Å². The van der Waals surface area contributed by atoms with Gasteiger partial charge in [0.15, 0.2) is 5.82 Å². The van der Waals surface area contributed by atoms with Crippen molar-refractivity contribution in [2.24, 2.45) is 0 Å². The number of rotatable bonds is 7. The molecule has 1 amide bonds. The van der Waals surface area contributed by atoms with Crippen molar-refractivity contribution in [3.05, 3.63) is 35.5 Å². The van der Waals surface area contributed by atoms with E-state index >= 15 is 0 Å². The van der Waals surface area contributed by atoms with Crippen molar-refractivity contribution in [2.75, 3.05) is 27.3 Å². The zero-order chi connectivity index (χ0) is 21.8. The molecule has 8 heteroatoms. The van der Waals surface area contributed by atoms with Gasteiger partial charge in [0.2, 0.25) is 11.8 Å². The molecule has 1 aromatic heterocycles. The second kappa shape index (κ2) is 9.26.